The summed E-state index contributed by atoms with van der Waals surface area (Å²) in [6.07, 6.45) is 3.68. The molecule has 10 aromatic rings. The number of rotatable bonds is 7. The molecule has 258 valence electrons. The summed E-state index contributed by atoms with van der Waals surface area (Å²) in [6, 6.07) is 68.4. The van der Waals surface area contributed by atoms with E-state index in [4.69, 9.17) is 9.97 Å². The standard InChI is InChI=1S/C51H34N4/c1-3-11-35(12-4-1)36-20-24-38(25-21-36)47-33-48(54-51(53-47)39-26-22-37(23-27-39)43-15-10-30-52-34-43)42-14-9-13-40(31-42)41-28-29-46-45-18-7-8-19-49(45)55(50(46)32-41)44-16-5-2-6-17-44/h1-34H. The third kappa shape index (κ3) is 6.16. The first-order valence-electron chi connectivity index (χ1n) is 18.5. The van der Waals surface area contributed by atoms with E-state index in [2.05, 4.69) is 192 Å². The number of pyridine rings is 1. The summed E-state index contributed by atoms with van der Waals surface area (Å²) in [5, 5.41) is 2.48. The number of nitrogens with zero attached hydrogens (tertiary/aromatic N) is 4. The first kappa shape index (κ1) is 32.2. The van der Waals surface area contributed by atoms with Gasteiger partial charge in [0.05, 0.1) is 22.4 Å². The molecule has 55 heavy (non-hydrogen) atoms. The van der Waals surface area contributed by atoms with Crippen LogP contribution in [0.3, 0.4) is 0 Å². The Morgan fingerprint density at radius 3 is 1.64 bits per heavy atom. The lowest BCUT2D eigenvalue weighted by molar-refractivity contribution is 1.18. The molecule has 0 N–H and O–H groups in total. The average molecular weight is 703 g/mol. The van der Waals surface area contributed by atoms with E-state index >= 15 is 0 Å². The minimum Gasteiger partial charge on any atom is -0.309 e. The van der Waals surface area contributed by atoms with E-state index in [0.29, 0.717) is 5.82 Å². The van der Waals surface area contributed by atoms with Crippen LogP contribution in [-0.2, 0) is 0 Å². The molecule has 7 aromatic carbocycles. The Labute approximate surface area is 319 Å². The first-order chi connectivity index (χ1) is 27.2. The van der Waals surface area contributed by atoms with Crippen LogP contribution in [0.4, 0.5) is 0 Å². The Hall–Kier alpha value is -7.43. The highest BCUT2D eigenvalue weighted by Crippen LogP contribution is 2.36. The molecule has 0 amide bonds. The molecule has 0 atom stereocenters. The van der Waals surface area contributed by atoms with E-state index in [-0.39, 0.29) is 0 Å². The predicted octanol–water partition coefficient (Wildman–Crippen LogP) is 13.0. The lowest BCUT2D eigenvalue weighted by Gasteiger charge is -2.12. The molecule has 0 unspecified atom stereocenters. The molecule has 0 fully saturated rings. The maximum atomic E-state index is 5.21. The van der Waals surface area contributed by atoms with Crippen LogP contribution in [-0.4, -0.2) is 19.5 Å². The summed E-state index contributed by atoms with van der Waals surface area (Å²) in [7, 11) is 0. The molecule has 3 aromatic heterocycles. The van der Waals surface area contributed by atoms with Crippen LogP contribution in [0.5, 0.6) is 0 Å². The van der Waals surface area contributed by atoms with Gasteiger partial charge in [-0.2, -0.15) is 0 Å². The third-order valence-electron chi connectivity index (χ3n) is 10.3. The summed E-state index contributed by atoms with van der Waals surface area (Å²) in [6.45, 7) is 0. The Morgan fingerprint density at radius 1 is 0.327 bits per heavy atom. The predicted molar refractivity (Wildman–Crippen MR) is 227 cm³/mol. The van der Waals surface area contributed by atoms with Crippen molar-refractivity contribution in [1.29, 1.82) is 0 Å². The van der Waals surface area contributed by atoms with Gasteiger partial charge < -0.3 is 4.57 Å². The molecule has 0 saturated heterocycles. The SMILES string of the molecule is c1ccc(-c2ccc(-c3cc(-c4cccc(-c5ccc6c7ccccc7n(-c7ccccc7)c6c5)c4)nc(-c4ccc(-c5cccnc5)cc4)n3)cc2)cc1. The zero-order valence-electron chi connectivity index (χ0n) is 29.9. The monoisotopic (exact) mass is 702 g/mol. The molecule has 4 nitrogen and oxygen atoms in total. The largest absolute Gasteiger partial charge is 0.309 e. The van der Waals surface area contributed by atoms with Crippen molar-refractivity contribution in [1.82, 2.24) is 19.5 Å². The number of para-hydroxylation sites is 2. The third-order valence-corrected chi connectivity index (χ3v) is 10.3. The number of benzene rings is 7. The maximum Gasteiger partial charge on any atom is 0.160 e. The molecule has 3 heterocycles. The molecule has 0 spiro atoms. The van der Waals surface area contributed by atoms with Crippen molar-refractivity contribution in [2.24, 2.45) is 0 Å². The normalized spacial score (nSPS) is 11.3. The molecule has 0 bridgehead atoms. The van der Waals surface area contributed by atoms with Crippen LogP contribution >= 0.6 is 0 Å². The van der Waals surface area contributed by atoms with Crippen LogP contribution < -0.4 is 0 Å². The molecule has 10 rings (SSSR count). The Bertz CT molecular complexity index is 2830. The number of fused-ring (bicyclic) bond motifs is 3. The quantitative estimate of drug-likeness (QED) is 0.166. The van der Waals surface area contributed by atoms with Gasteiger partial charge in [0, 0.05) is 45.5 Å². The van der Waals surface area contributed by atoms with Gasteiger partial charge in [-0.05, 0) is 75.8 Å². The smallest absolute Gasteiger partial charge is 0.160 e. The second-order valence-electron chi connectivity index (χ2n) is 13.7. The fourth-order valence-corrected chi connectivity index (χ4v) is 7.54. The topological polar surface area (TPSA) is 43.6 Å². The number of aromatic nitrogens is 4. The van der Waals surface area contributed by atoms with Crippen molar-refractivity contribution in [2.75, 3.05) is 0 Å². The van der Waals surface area contributed by atoms with Crippen LogP contribution in [0, 0.1) is 0 Å². The summed E-state index contributed by atoms with van der Waals surface area (Å²) in [5.74, 6) is 0.677. The van der Waals surface area contributed by atoms with Crippen molar-refractivity contribution < 1.29 is 0 Å². The van der Waals surface area contributed by atoms with Gasteiger partial charge in [0.25, 0.3) is 0 Å². The van der Waals surface area contributed by atoms with E-state index in [1.807, 2.05) is 18.3 Å². The van der Waals surface area contributed by atoms with E-state index in [1.165, 1.54) is 32.9 Å². The summed E-state index contributed by atoms with van der Waals surface area (Å²) < 4.78 is 2.36. The molecule has 0 saturated carbocycles. The lowest BCUT2D eigenvalue weighted by atomic mass is 9.99. The van der Waals surface area contributed by atoms with Crippen LogP contribution in [0.15, 0.2) is 207 Å². The van der Waals surface area contributed by atoms with E-state index < -0.39 is 0 Å². The molecule has 0 aliphatic rings. The fourth-order valence-electron chi connectivity index (χ4n) is 7.54. The molecular formula is C51H34N4. The molecule has 0 aliphatic carbocycles. The van der Waals surface area contributed by atoms with Crippen molar-refractivity contribution in [3.63, 3.8) is 0 Å². The van der Waals surface area contributed by atoms with Gasteiger partial charge in [0.1, 0.15) is 0 Å². The summed E-state index contributed by atoms with van der Waals surface area (Å²) >= 11 is 0. The zero-order valence-corrected chi connectivity index (χ0v) is 29.9. The molecule has 0 radical (unpaired) electrons. The minimum absolute atomic E-state index is 0.677. The molecule has 0 aliphatic heterocycles. The molecule has 4 heteroatoms. The minimum atomic E-state index is 0.677. The van der Waals surface area contributed by atoms with E-state index in [9.17, 15) is 0 Å². The van der Waals surface area contributed by atoms with Gasteiger partial charge in [0.15, 0.2) is 5.82 Å². The second-order valence-corrected chi connectivity index (χ2v) is 13.7. The van der Waals surface area contributed by atoms with Crippen molar-refractivity contribution in [3.05, 3.63) is 207 Å². The fraction of sp³-hybridized carbons (Fsp3) is 0. The van der Waals surface area contributed by atoms with Gasteiger partial charge in [-0.25, -0.2) is 9.97 Å². The van der Waals surface area contributed by atoms with Crippen molar-refractivity contribution in [3.8, 4) is 73.0 Å². The molecular weight excluding hydrogens is 669 g/mol. The number of hydrogen-bond acceptors (Lipinski definition) is 3. The Balaban J connectivity index is 1.08. The maximum absolute atomic E-state index is 5.21. The van der Waals surface area contributed by atoms with Crippen LogP contribution in [0.1, 0.15) is 0 Å². The highest BCUT2D eigenvalue weighted by Gasteiger charge is 2.15. The summed E-state index contributed by atoms with van der Waals surface area (Å²) in [5.41, 5.74) is 15.1. The van der Waals surface area contributed by atoms with Gasteiger partial charge in [-0.1, -0.05) is 152 Å². The van der Waals surface area contributed by atoms with Gasteiger partial charge in [-0.3, -0.25) is 4.98 Å². The van der Waals surface area contributed by atoms with Gasteiger partial charge in [0.2, 0.25) is 0 Å². The van der Waals surface area contributed by atoms with Gasteiger partial charge in [-0.15, -0.1) is 0 Å². The van der Waals surface area contributed by atoms with Crippen LogP contribution in [0.2, 0.25) is 0 Å². The van der Waals surface area contributed by atoms with E-state index in [1.54, 1.807) is 6.20 Å². The lowest BCUT2D eigenvalue weighted by Crippen LogP contribution is -1.96. The van der Waals surface area contributed by atoms with Gasteiger partial charge >= 0.3 is 0 Å². The Kier molecular flexibility index (Phi) is 8.12. The number of hydrogen-bond donors (Lipinski definition) is 0. The van der Waals surface area contributed by atoms with E-state index in [0.717, 1.165) is 56.0 Å². The highest BCUT2D eigenvalue weighted by molar-refractivity contribution is 6.10. The zero-order chi connectivity index (χ0) is 36.6. The highest BCUT2D eigenvalue weighted by atomic mass is 15.0. The van der Waals surface area contributed by atoms with Crippen molar-refractivity contribution >= 4 is 21.8 Å². The first-order valence-corrected chi connectivity index (χ1v) is 18.5. The second kappa shape index (κ2) is 13.8. The Morgan fingerprint density at radius 2 is 0.873 bits per heavy atom. The van der Waals surface area contributed by atoms with Crippen molar-refractivity contribution in [2.45, 2.75) is 0 Å². The van der Waals surface area contributed by atoms with Crippen LogP contribution in [0.25, 0.3) is 94.8 Å². The average Bonchev–Trinajstić information content (AvgIpc) is 3.61. The summed E-state index contributed by atoms with van der Waals surface area (Å²) in [4.78, 5) is 14.7.